The van der Waals surface area contributed by atoms with Crippen molar-refractivity contribution in [3.8, 4) is 5.75 Å². The lowest BCUT2D eigenvalue weighted by atomic mass is 9.74. The molecule has 0 saturated carbocycles. The number of aliphatic carboxylic acids is 1. The Morgan fingerprint density at radius 3 is 2.61 bits per heavy atom. The molecule has 1 unspecified atom stereocenters. The molecule has 1 amide bonds. The van der Waals surface area contributed by atoms with E-state index in [-0.39, 0.29) is 29.7 Å². The molecule has 7 nitrogen and oxygen atoms in total. The molecule has 2 atom stereocenters. The van der Waals surface area contributed by atoms with Gasteiger partial charge in [0.2, 0.25) is 5.91 Å². The minimum Gasteiger partial charge on any atom is -0.480 e. The van der Waals surface area contributed by atoms with Gasteiger partial charge in [0.15, 0.2) is 0 Å². The predicted octanol–water partition coefficient (Wildman–Crippen LogP) is 3.92. The van der Waals surface area contributed by atoms with E-state index >= 15 is 0 Å². The van der Waals surface area contributed by atoms with E-state index in [9.17, 15) is 19.5 Å². The summed E-state index contributed by atoms with van der Waals surface area (Å²) in [7, 11) is 2.15. The number of carbonyl (C=O) groups is 3. The fraction of sp³-hybridized carbons (Fsp3) is 0.577. The number of ether oxygens (including phenoxy) is 1. The number of carbonyl (C=O) groups excluding carboxylic acids is 2. The van der Waals surface area contributed by atoms with E-state index in [1.54, 1.807) is 19.9 Å². The molecule has 0 spiro atoms. The summed E-state index contributed by atoms with van der Waals surface area (Å²) in [4.78, 5) is 38.3. The number of nitrogens with zero attached hydrogens (tertiary/aromatic N) is 1. The molecule has 1 aromatic rings. The van der Waals surface area contributed by atoms with Gasteiger partial charge < -0.3 is 20.1 Å². The number of nitrogens with one attached hydrogen (secondary N) is 1. The van der Waals surface area contributed by atoms with Gasteiger partial charge >= 0.3 is 11.9 Å². The van der Waals surface area contributed by atoms with Gasteiger partial charge in [-0.25, -0.2) is 9.59 Å². The Balaban J connectivity index is 1.99. The lowest BCUT2D eigenvalue weighted by molar-refractivity contribution is -0.143. The lowest BCUT2D eigenvalue weighted by Gasteiger charge is -2.35. The van der Waals surface area contributed by atoms with Crippen LogP contribution in [-0.2, 0) is 19.8 Å². The highest BCUT2D eigenvalue weighted by atomic mass is 16.5. The average molecular weight is 459 g/mol. The highest BCUT2D eigenvalue weighted by Gasteiger charge is 2.33. The summed E-state index contributed by atoms with van der Waals surface area (Å²) in [5.41, 5.74) is 1.37. The van der Waals surface area contributed by atoms with Crippen LogP contribution in [0.3, 0.4) is 0 Å². The summed E-state index contributed by atoms with van der Waals surface area (Å²) < 4.78 is 5.57. The lowest BCUT2D eigenvalue weighted by Crippen LogP contribution is -2.44. The molecule has 0 bridgehead atoms. The zero-order valence-corrected chi connectivity index (χ0v) is 20.4. The standard InChI is InChI=1S/C26H38N2O5/c1-6-26(14-7-8-15-28(5)17-26)20-10-9-11-21(16-20)33-25(32)19(4)12-13-22(29)27-23(18(2)3)24(30)31/h9-11,16,18,23H,4,6-8,12-15,17H2,1-3,5H3,(H,27,29)(H,30,31)/t23-,26?/m0/s1. The van der Waals surface area contributed by atoms with E-state index in [1.807, 2.05) is 12.1 Å². The van der Waals surface area contributed by atoms with Crippen molar-refractivity contribution in [2.24, 2.45) is 5.92 Å². The monoisotopic (exact) mass is 458 g/mol. The Morgan fingerprint density at radius 2 is 1.97 bits per heavy atom. The van der Waals surface area contributed by atoms with E-state index in [0.717, 1.165) is 25.9 Å². The summed E-state index contributed by atoms with van der Waals surface area (Å²) in [6, 6.07) is 6.75. The molecule has 1 heterocycles. The van der Waals surface area contributed by atoms with Gasteiger partial charge in [-0.1, -0.05) is 45.9 Å². The number of likely N-dealkylation sites (tertiary alicyclic amines) is 1. The second kappa shape index (κ2) is 12.0. The highest BCUT2D eigenvalue weighted by Crippen LogP contribution is 2.37. The summed E-state index contributed by atoms with van der Waals surface area (Å²) in [5.74, 6) is -1.88. The smallest absolute Gasteiger partial charge is 0.338 e. The van der Waals surface area contributed by atoms with Gasteiger partial charge in [-0.2, -0.15) is 0 Å². The van der Waals surface area contributed by atoms with Gasteiger partial charge in [-0.3, -0.25) is 4.79 Å². The number of amides is 1. The van der Waals surface area contributed by atoms with Crippen LogP contribution in [0.15, 0.2) is 36.4 Å². The summed E-state index contributed by atoms with van der Waals surface area (Å²) in [6.07, 6.45) is 4.52. The molecule has 1 aliphatic heterocycles. The zero-order valence-electron chi connectivity index (χ0n) is 20.4. The molecule has 1 saturated heterocycles. The van der Waals surface area contributed by atoms with Crippen LogP contribution in [-0.4, -0.2) is 54.0 Å². The molecule has 33 heavy (non-hydrogen) atoms. The molecule has 1 aliphatic rings. The fourth-order valence-corrected chi connectivity index (χ4v) is 4.44. The molecule has 2 N–H and O–H groups in total. The third-order valence-electron chi connectivity index (χ3n) is 6.54. The Labute approximate surface area is 197 Å². The maximum atomic E-state index is 12.6. The van der Waals surface area contributed by atoms with Crippen molar-refractivity contribution in [2.45, 2.75) is 70.8 Å². The normalized spacial score (nSPS) is 20.0. The van der Waals surface area contributed by atoms with Gasteiger partial charge in [0, 0.05) is 24.0 Å². The van der Waals surface area contributed by atoms with Crippen molar-refractivity contribution in [1.82, 2.24) is 10.2 Å². The number of rotatable bonds is 10. The highest BCUT2D eigenvalue weighted by molar-refractivity contribution is 5.91. The molecule has 1 fully saturated rings. The second-order valence-electron chi connectivity index (χ2n) is 9.48. The van der Waals surface area contributed by atoms with Gasteiger partial charge in [0.05, 0.1) is 0 Å². The van der Waals surface area contributed by atoms with Gasteiger partial charge in [-0.15, -0.1) is 0 Å². The van der Waals surface area contributed by atoms with E-state index in [0.29, 0.717) is 5.75 Å². The molecule has 1 aromatic carbocycles. The third kappa shape index (κ3) is 7.42. The first-order chi connectivity index (χ1) is 15.6. The SMILES string of the molecule is C=C(CCC(=O)N[C@H](C(=O)O)C(C)C)C(=O)Oc1cccc(C2(CC)CCCCN(C)C2)c1. The minimum absolute atomic E-state index is 0.0276. The summed E-state index contributed by atoms with van der Waals surface area (Å²) >= 11 is 0. The number of carboxylic acids is 1. The topological polar surface area (TPSA) is 95.9 Å². The quantitative estimate of drug-likeness (QED) is 0.313. The van der Waals surface area contributed by atoms with Crippen molar-refractivity contribution in [3.63, 3.8) is 0 Å². The minimum atomic E-state index is -1.08. The largest absolute Gasteiger partial charge is 0.480 e. The maximum Gasteiger partial charge on any atom is 0.338 e. The van der Waals surface area contributed by atoms with Crippen LogP contribution in [0, 0.1) is 5.92 Å². The average Bonchev–Trinajstić information content (AvgIpc) is 2.97. The van der Waals surface area contributed by atoms with Crippen LogP contribution in [0.5, 0.6) is 5.75 Å². The zero-order chi connectivity index (χ0) is 24.6. The number of benzene rings is 1. The Bertz CT molecular complexity index is 866. The summed E-state index contributed by atoms with van der Waals surface area (Å²) in [6.45, 7) is 11.5. The van der Waals surface area contributed by atoms with Crippen LogP contribution in [0.2, 0.25) is 0 Å². The Hall–Kier alpha value is -2.67. The molecule has 7 heteroatoms. The number of carboxylic acid groups (broad SMARTS) is 1. The molecule has 182 valence electrons. The summed E-state index contributed by atoms with van der Waals surface area (Å²) in [5, 5.41) is 11.7. The van der Waals surface area contributed by atoms with E-state index in [2.05, 4.69) is 36.8 Å². The van der Waals surface area contributed by atoms with Crippen molar-refractivity contribution in [3.05, 3.63) is 42.0 Å². The number of esters is 1. The van der Waals surface area contributed by atoms with Crippen LogP contribution in [0.1, 0.15) is 64.9 Å². The molecule has 0 radical (unpaired) electrons. The van der Waals surface area contributed by atoms with Crippen molar-refractivity contribution < 1.29 is 24.2 Å². The predicted molar refractivity (Wildman–Crippen MR) is 128 cm³/mol. The fourth-order valence-electron chi connectivity index (χ4n) is 4.44. The van der Waals surface area contributed by atoms with Crippen LogP contribution < -0.4 is 10.1 Å². The number of hydrogen-bond acceptors (Lipinski definition) is 5. The van der Waals surface area contributed by atoms with Crippen LogP contribution >= 0.6 is 0 Å². The van der Waals surface area contributed by atoms with E-state index in [4.69, 9.17) is 4.74 Å². The van der Waals surface area contributed by atoms with E-state index < -0.39 is 23.9 Å². The molecule has 0 aromatic heterocycles. The van der Waals surface area contributed by atoms with Crippen molar-refractivity contribution in [2.75, 3.05) is 20.1 Å². The molecular weight excluding hydrogens is 420 g/mol. The van der Waals surface area contributed by atoms with E-state index in [1.165, 1.54) is 18.4 Å². The molecular formula is C26H38N2O5. The van der Waals surface area contributed by atoms with Gasteiger partial charge in [0.25, 0.3) is 0 Å². The Kier molecular flexibility index (Phi) is 9.65. The van der Waals surface area contributed by atoms with Gasteiger partial charge in [0.1, 0.15) is 11.8 Å². The molecule has 2 rings (SSSR count). The van der Waals surface area contributed by atoms with Gasteiger partial charge in [-0.05, 0) is 62.9 Å². The first-order valence-corrected chi connectivity index (χ1v) is 11.8. The van der Waals surface area contributed by atoms with Crippen molar-refractivity contribution in [1.29, 1.82) is 0 Å². The van der Waals surface area contributed by atoms with Crippen LogP contribution in [0.4, 0.5) is 0 Å². The number of hydrogen-bond donors (Lipinski definition) is 2. The first kappa shape index (κ1) is 26.6. The Morgan fingerprint density at radius 1 is 1.24 bits per heavy atom. The third-order valence-corrected chi connectivity index (χ3v) is 6.54. The first-order valence-electron chi connectivity index (χ1n) is 11.8. The number of likely N-dealkylation sites (N-methyl/N-ethyl adjacent to an activating group) is 1. The molecule has 0 aliphatic carbocycles. The maximum absolute atomic E-state index is 12.6. The van der Waals surface area contributed by atoms with Crippen molar-refractivity contribution >= 4 is 17.8 Å². The second-order valence-corrected chi connectivity index (χ2v) is 9.48. The van der Waals surface area contributed by atoms with Crippen LogP contribution in [0.25, 0.3) is 0 Å².